The summed E-state index contributed by atoms with van der Waals surface area (Å²) in [6.07, 6.45) is 4.24. The summed E-state index contributed by atoms with van der Waals surface area (Å²) in [4.78, 5) is 41.5. The molecule has 6 heterocycles. The summed E-state index contributed by atoms with van der Waals surface area (Å²) in [5.41, 5.74) is 8.97. The van der Waals surface area contributed by atoms with Crippen LogP contribution in [0.2, 0.25) is 0 Å². The number of nitrogens with one attached hydrogen (secondary N) is 1. The number of alkyl halides is 1. The highest BCUT2D eigenvalue weighted by Gasteiger charge is 2.52. The van der Waals surface area contributed by atoms with E-state index in [4.69, 9.17) is 43.5 Å². The first kappa shape index (κ1) is 30.8. The molecule has 21 heteroatoms. The smallest absolute Gasteiger partial charge is 0.325 e. The molecule has 6 rings (SSSR count). The van der Waals surface area contributed by atoms with Gasteiger partial charge in [0.2, 0.25) is 5.95 Å². The summed E-state index contributed by atoms with van der Waals surface area (Å²) in [6, 6.07) is -0.956. The average Bonchev–Trinajstić information content (AvgIpc) is 3.71. The number of nitrogen functional groups attached to an aromatic ring is 2. The monoisotopic (exact) mass is 671 g/mol. The molecule has 4 aromatic heterocycles. The second kappa shape index (κ2) is 11.3. The zero-order valence-corrected chi connectivity index (χ0v) is 24.8. The molecule has 2 aliphatic heterocycles. The number of hydrogen-bond acceptors (Lipinski definition) is 14. The molecule has 234 valence electrons. The second-order valence-corrected chi connectivity index (χ2v) is 14.1. The highest BCUT2D eigenvalue weighted by Crippen LogP contribution is 2.55. The normalized spacial score (nSPS) is 30.2. The predicted octanol–water partition coefficient (Wildman–Crippen LogP) is -0.265. The van der Waals surface area contributed by atoms with E-state index in [0.29, 0.717) is 0 Å². The molecular weight excluding hydrogens is 647 g/mol. The Morgan fingerprint density at radius 1 is 1.34 bits per heavy atom. The van der Waals surface area contributed by atoms with Gasteiger partial charge in [-0.3, -0.25) is 18.9 Å². The Labute approximate surface area is 255 Å². The van der Waals surface area contributed by atoms with E-state index in [2.05, 4.69) is 30.8 Å². The number of aromatic nitrogens is 7. The fraction of sp³-hybridized carbons (Fsp3) is 0.435. The van der Waals surface area contributed by atoms with Gasteiger partial charge in [-0.25, -0.2) is 23.7 Å². The minimum absolute atomic E-state index is 0.0103. The fourth-order valence-corrected chi connectivity index (χ4v) is 8.12. The summed E-state index contributed by atoms with van der Waals surface area (Å²) in [6.45, 7) is -5.84. The molecule has 44 heavy (non-hydrogen) atoms. The molecular formula is C23H24F2N9O7PS2. The third-order valence-corrected chi connectivity index (χ3v) is 10.5. The first-order valence-electron chi connectivity index (χ1n) is 12.7. The van der Waals surface area contributed by atoms with E-state index in [9.17, 15) is 24.3 Å². The van der Waals surface area contributed by atoms with Crippen LogP contribution in [0.3, 0.4) is 0 Å². The molecule has 0 spiro atoms. The number of nitrogens with two attached hydrogens (primary N) is 2. The van der Waals surface area contributed by atoms with Crippen LogP contribution in [0.4, 0.5) is 20.5 Å². The molecule has 8 N–H and O–H groups in total. The van der Waals surface area contributed by atoms with Crippen LogP contribution in [0.15, 0.2) is 23.6 Å². The second-order valence-electron chi connectivity index (χ2n) is 9.98. The van der Waals surface area contributed by atoms with Crippen molar-refractivity contribution >= 4 is 64.3 Å². The van der Waals surface area contributed by atoms with Gasteiger partial charge in [-0.15, -0.1) is 18.2 Å². The quantitative estimate of drug-likeness (QED) is 0.105. The van der Waals surface area contributed by atoms with Gasteiger partial charge in [-0.1, -0.05) is 5.92 Å². The summed E-state index contributed by atoms with van der Waals surface area (Å²) >= 11 is 6.12. The van der Waals surface area contributed by atoms with Crippen LogP contribution in [0, 0.1) is 18.2 Å². The Balaban J connectivity index is 1.23. The van der Waals surface area contributed by atoms with Crippen molar-refractivity contribution in [2.24, 2.45) is 0 Å². The first-order chi connectivity index (χ1) is 20.9. The molecule has 2 aliphatic rings. The van der Waals surface area contributed by atoms with E-state index < -0.39 is 72.0 Å². The number of H-pyrrole nitrogens is 1. The number of nitrogens with zero attached hydrogens (tertiary/aromatic N) is 6. The largest absolute Gasteiger partial charge is 0.395 e. The molecule has 16 nitrogen and oxygen atoms in total. The van der Waals surface area contributed by atoms with Crippen molar-refractivity contribution in [2.45, 2.75) is 40.6 Å². The number of anilines is 2. The zero-order valence-electron chi connectivity index (χ0n) is 22.2. The number of ether oxygens (including phenoxy) is 1. The highest BCUT2D eigenvalue weighted by molar-refractivity contribution is 8.07. The van der Waals surface area contributed by atoms with Gasteiger partial charge in [0.05, 0.1) is 42.8 Å². The van der Waals surface area contributed by atoms with Gasteiger partial charge in [-0.05, 0) is 11.8 Å². The van der Waals surface area contributed by atoms with Crippen LogP contribution in [-0.2, 0) is 25.6 Å². The summed E-state index contributed by atoms with van der Waals surface area (Å²) in [5, 5.41) is 18.9. The molecule has 0 aliphatic carbocycles. The van der Waals surface area contributed by atoms with Crippen molar-refractivity contribution in [2.75, 3.05) is 31.3 Å². The van der Waals surface area contributed by atoms with Crippen LogP contribution < -0.4 is 17.0 Å². The maximum absolute atomic E-state index is 15.5. The van der Waals surface area contributed by atoms with E-state index in [1.165, 1.54) is 15.5 Å². The number of rotatable bonds is 8. The topological polar surface area (TPSA) is 235 Å². The lowest BCUT2D eigenvalue weighted by Gasteiger charge is -2.31. The SMILES string of the molecule is C#C[C@]1(COP(O)(=S)O[C@@H]2[C@H](F)[C@@H](CO)S[C@H]2n2cnc3c(=O)[nH]c(N)nc32)OCC(n2cc(F)c3c(N)ncnc32)[C@@H]1O. The average molecular weight is 672 g/mol. The number of aliphatic hydroxyl groups is 2. The maximum Gasteiger partial charge on any atom is 0.325 e. The number of aromatic amines is 1. The molecule has 0 radical (unpaired) electrons. The lowest BCUT2D eigenvalue weighted by atomic mass is 9.96. The third kappa shape index (κ3) is 5.03. The van der Waals surface area contributed by atoms with Gasteiger partial charge in [0.15, 0.2) is 22.6 Å². The Bertz CT molecular complexity index is 1900. The number of imidazole rings is 1. The molecule has 2 saturated heterocycles. The number of halogens is 2. The molecule has 2 fully saturated rings. The van der Waals surface area contributed by atoms with Gasteiger partial charge in [0, 0.05) is 6.20 Å². The molecule has 0 amide bonds. The van der Waals surface area contributed by atoms with Crippen LogP contribution >= 0.6 is 18.5 Å². The van der Waals surface area contributed by atoms with Crippen LogP contribution in [-0.4, -0.2) is 98.2 Å². The van der Waals surface area contributed by atoms with Gasteiger partial charge >= 0.3 is 6.72 Å². The molecule has 0 bridgehead atoms. The van der Waals surface area contributed by atoms with Crippen molar-refractivity contribution in [1.29, 1.82) is 0 Å². The van der Waals surface area contributed by atoms with E-state index in [1.54, 1.807) is 0 Å². The fourth-order valence-electron chi connectivity index (χ4n) is 5.23. The summed E-state index contributed by atoms with van der Waals surface area (Å²) in [5.74, 6) is 1.28. The van der Waals surface area contributed by atoms with Gasteiger partial charge in [0.25, 0.3) is 5.56 Å². The van der Waals surface area contributed by atoms with E-state index >= 15 is 4.39 Å². The summed E-state index contributed by atoms with van der Waals surface area (Å²) in [7, 11) is 0. The van der Waals surface area contributed by atoms with Crippen molar-refractivity contribution in [3.05, 3.63) is 35.0 Å². The molecule has 2 unspecified atom stereocenters. The van der Waals surface area contributed by atoms with E-state index in [0.717, 1.165) is 24.3 Å². The Hall–Kier alpha value is -3.25. The van der Waals surface area contributed by atoms with E-state index in [-0.39, 0.29) is 40.6 Å². The molecule has 8 atom stereocenters. The van der Waals surface area contributed by atoms with Crippen LogP contribution in [0.5, 0.6) is 0 Å². The number of fused-ring (bicyclic) bond motifs is 2. The summed E-state index contributed by atoms with van der Waals surface area (Å²) < 4.78 is 49.7. The zero-order chi connectivity index (χ0) is 31.6. The number of thioether (sulfide) groups is 1. The lowest BCUT2D eigenvalue weighted by molar-refractivity contribution is -0.0495. The Kier molecular flexibility index (Phi) is 7.88. The van der Waals surface area contributed by atoms with Crippen molar-refractivity contribution in [3.8, 4) is 12.3 Å². The van der Waals surface area contributed by atoms with Gasteiger partial charge in [-0.2, -0.15) is 4.98 Å². The number of hydrogen-bond donors (Lipinski definition) is 6. The standard InChI is InChI=1S/C23H24F2N9O7PS2/c1-2-23(16(36)10(5-39-23)33-3-9(24)12-17(26)28-7-29-18(12)33)6-40-42(38,43)41-15-13(25)11(4-35)44-21(15)34-8-30-14-19(34)31-22(27)32-20(14)37/h1,3,7-8,10-11,13,15-16,21,35-36H,4-6H2,(H,38,43)(H2,26,28,29)(H3,27,31,32,37)/t10?,11-,13-,15-,16+,21-,23-,42?/m1/s1. The minimum atomic E-state index is -4.34. The molecule has 0 saturated carbocycles. The Morgan fingerprint density at radius 3 is 2.84 bits per heavy atom. The van der Waals surface area contributed by atoms with Crippen LogP contribution in [0.1, 0.15) is 11.4 Å². The number of aliphatic hydroxyl groups excluding tert-OH is 2. The number of terminal acetylenes is 1. The first-order valence-corrected chi connectivity index (χ1v) is 16.3. The van der Waals surface area contributed by atoms with Crippen molar-refractivity contribution in [1.82, 2.24) is 34.1 Å². The lowest BCUT2D eigenvalue weighted by Crippen LogP contribution is -2.44. The van der Waals surface area contributed by atoms with Crippen LogP contribution in [0.25, 0.3) is 22.2 Å². The van der Waals surface area contributed by atoms with Gasteiger partial charge < -0.3 is 40.4 Å². The minimum Gasteiger partial charge on any atom is -0.395 e. The molecule has 4 aromatic rings. The predicted molar refractivity (Wildman–Crippen MR) is 157 cm³/mol. The highest BCUT2D eigenvalue weighted by atomic mass is 32.5. The third-order valence-electron chi connectivity index (χ3n) is 7.41. The van der Waals surface area contributed by atoms with E-state index in [1.807, 2.05) is 0 Å². The molecule has 0 aromatic carbocycles. The van der Waals surface area contributed by atoms with Crippen molar-refractivity contribution < 1.29 is 37.7 Å². The van der Waals surface area contributed by atoms with Gasteiger partial charge in [0.1, 0.15) is 41.5 Å². The van der Waals surface area contributed by atoms with Crippen molar-refractivity contribution in [3.63, 3.8) is 0 Å². The Morgan fingerprint density at radius 2 is 2.11 bits per heavy atom. The maximum atomic E-state index is 15.5.